The number of hydrogen-bond donors (Lipinski definition) is 1. The Morgan fingerprint density at radius 2 is 2.05 bits per heavy atom. The molecule has 0 saturated carbocycles. The van der Waals surface area contributed by atoms with E-state index in [-0.39, 0.29) is 5.97 Å². The van der Waals surface area contributed by atoms with Gasteiger partial charge in [-0.25, -0.2) is 9.78 Å². The second-order valence-electron chi connectivity index (χ2n) is 4.09. The number of pyridine rings is 1. The van der Waals surface area contributed by atoms with Crippen LogP contribution in [0.5, 0.6) is 0 Å². The Kier molecular flexibility index (Phi) is 4.30. The van der Waals surface area contributed by atoms with Gasteiger partial charge in [0.1, 0.15) is 11.8 Å². The minimum Gasteiger partial charge on any atom is -0.465 e. The van der Waals surface area contributed by atoms with Crippen LogP contribution in [0.1, 0.15) is 21.6 Å². The van der Waals surface area contributed by atoms with Crippen LogP contribution >= 0.6 is 0 Å². The number of nitrogens with zero attached hydrogens (tertiary/aromatic N) is 2. The van der Waals surface area contributed by atoms with E-state index in [9.17, 15) is 4.79 Å². The number of nitriles is 1. The third kappa shape index (κ3) is 3.33. The standard InChI is InChI=1S/C15H13N3O2/c1-20-15(19)12-4-2-11(3-5-12)9-17-14-7-6-13(8-16)18-10-14/h2-7,10,17H,9H2,1H3. The molecule has 2 aromatic rings. The first-order valence-electron chi connectivity index (χ1n) is 6.00. The van der Waals surface area contributed by atoms with E-state index in [1.165, 1.54) is 7.11 Å². The summed E-state index contributed by atoms with van der Waals surface area (Å²) in [5.74, 6) is -0.346. The summed E-state index contributed by atoms with van der Waals surface area (Å²) in [5, 5.41) is 11.8. The molecular weight excluding hydrogens is 254 g/mol. The molecule has 0 radical (unpaired) electrons. The molecule has 0 saturated heterocycles. The molecule has 0 atom stereocenters. The molecule has 0 bridgehead atoms. The zero-order valence-electron chi connectivity index (χ0n) is 11.0. The summed E-state index contributed by atoms with van der Waals surface area (Å²) in [6.45, 7) is 0.606. The quantitative estimate of drug-likeness (QED) is 0.861. The predicted molar refractivity (Wildman–Crippen MR) is 74.1 cm³/mol. The van der Waals surface area contributed by atoms with E-state index < -0.39 is 0 Å². The van der Waals surface area contributed by atoms with Crippen LogP contribution in [0, 0.1) is 11.3 Å². The first kappa shape index (κ1) is 13.6. The van der Waals surface area contributed by atoms with Crippen molar-refractivity contribution in [2.75, 3.05) is 12.4 Å². The van der Waals surface area contributed by atoms with E-state index in [4.69, 9.17) is 5.26 Å². The maximum atomic E-state index is 11.3. The number of anilines is 1. The van der Waals surface area contributed by atoms with Gasteiger partial charge in [0.2, 0.25) is 0 Å². The van der Waals surface area contributed by atoms with Crippen LogP contribution in [0.4, 0.5) is 5.69 Å². The van der Waals surface area contributed by atoms with Crippen molar-refractivity contribution in [1.82, 2.24) is 4.98 Å². The molecule has 1 N–H and O–H groups in total. The Bertz CT molecular complexity index is 628. The van der Waals surface area contributed by atoms with E-state index in [0.29, 0.717) is 17.8 Å². The van der Waals surface area contributed by atoms with Gasteiger partial charge in [0.05, 0.1) is 24.6 Å². The van der Waals surface area contributed by atoms with Gasteiger partial charge in [-0.05, 0) is 29.8 Å². The van der Waals surface area contributed by atoms with Gasteiger partial charge in [-0.2, -0.15) is 5.26 Å². The summed E-state index contributed by atoms with van der Waals surface area (Å²) in [6, 6.07) is 12.6. The average molecular weight is 267 g/mol. The Morgan fingerprint density at radius 3 is 2.60 bits per heavy atom. The molecule has 0 aliphatic rings. The molecule has 2 rings (SSSR count). The number of esters is 1. The molecule has 1 aromatic carbocycles. The minimum atomic E-state index is -0.346. The lowest BCUT2D eigenvalue weighted by Gasteiger charge is -2.06. The molecule has 1 aromatic heterocycles. The number of rotatable bonds is 4. The fourth-order valence-corrected chi connectivity index (χ4v) is 1.65. The molecule has 0 amide bonds. The lowest BCUT2D eigenvalue weighted by molar-refractivity contribution is 0.0600. The number of nitrogens with one attached hydrogen (secondary N) is 1. The first-order valence-corrected chi connectivity index (χ1v) is 6.00. The summed E-state index contributed by atoms with van der Waals surface area (Å²) >= 11 is 0. The molecule has 1 heterocycles. The molecule has 20 heavy (non-hydrogen) atoms. The van der Waals surface area contributed by atoms with E-state index in [0.717, 1.165) is 11.3 Å². The Balaban J connectivity index is 1.96. The summed E-state index contributed by atoms with van der Waals surface area (Å²) in [5.41, 5.74) is 2.78. The van der Waals surface area contributed by atoms with E-state index in [1.807, 2.05) is 18.2 Å². The number of carbonyl (C=O) groups is 1. The predicted octanol–water partition coefficient (Wildman–Crippen LogP) is 2.35. The van der Waals surface area contributed by atoms with Crippen LogP contribution in [0.3, 0.4) is 0 Å². The van der Waals surface area contributed by atoms with Gasteiger partial charge < -0.3 is 10.1 Å². The van der Waals surface area contributed by atoms with Gasteiger partial charge >= 0.3 is 5.97 Å². The minimum absolute atomic E-state index is 0.346. The van der Waals surface area contributed by atoms with Crippen LogP contribution in [0.2, 0.25) is 0 Å². The maximum absolute atomic E-state index is 11.3. The highest BCUT2D eigenvalue weighted by Crippen LogP contribution is 2.10. The fourth-order valence-electron chi connectivity index (χ4n) is 1.65. The van der Waals surface area contributed by atoms with Crippen molar-refractivity contribution in [2.24, 2.45) is 0 Å². The summed E-state index contributed by atoms with van der Waals surface area (Å²) in [4.78, 5) is 15.3. The Labute approximate surface area is 116 Å². The molecule has 100 valence electrons. The topological polar surface area (TPSA) is 75.0 Å². The molecule has 5 heteroatoms. The van der Waals surface area contributed by atoms with Crippen LogP contribution in [-0.4, -0.2) is 18.1 Å². The van der Waals surface area contributed by atoms with Gasteiger partial charge in [-0.1, -0.05) is 12.1 Å². The summed E-state index contributed by atoms with van der Waals surface area (Å²) in [6.07, 6.45) is 1.61. The molecule has 5 nitrogen and oxygen atoms in total. The fraction of sp³-hybridized carbons (Fsp3) is 0.133. The van der Waals surface area contributed by atoms with Gasteiger partial charge in [0.25, 0.3) is 0 Å². The molecule has 0 spiro atoms. The molecule has 0 fully saturated rings. The smallest absolute Gasteiger partial charge is 0.337 e. The second-order valence-corrected chi connectivity index (χ2v) is 4.09. The second kappa shape index (κ2) is 6.34. The number of methoxy groups -OCH3 is 1. The number of benzene rings is 1. The lowest BCUT2D eigenvalue weighted by atomic mass is 10.1. The Morgan fingerprint density at radius 1 is 1.30 bits per heavy atom. The van der Waals surface area contributed by atoms with Gasteiger partial charge in [-0.15, -0.1) is 0 Å². The largest absolute Gasteiger partial charge is 0.465 e. The van der Waals surface area contributed by atoms with Crippen molar-refractivity contribution in [3.8, 4) is 6.07 Å². The average Bonchev–Trinajstić information content (AvgIpc) is 2.53. The normalized spacial score (nSPS) is 9.60. The van der Waals surface area contributed by atoms with E-state index >= 15 is 0 Å². The monoisotopic (exact) mass is 267 g/mol. The lowest BCUT2D eigenvalue weighted by Crippen LogP contribution is -2.03. The molecule has 0 unspecified atom stereocenters. The molecular formula is C15H13N3O2. The summed E-state index contributed by atoms with van der Waals surface area (Å²) < 4.78 is 4.64. The number of ether oxygens (including phenoxy) is 1. The highest BCUT2D eigenvalue weighted by molar-refractivity contribution is 5.89. The maximum Gasteiger partial charge on any atom is 0.337 e. The van der Waals surface area contributed by atoms with Gasteiger partial charge in [-0.3, -0.25) is 0 Å². The van der Waals surface area contributed by atoms with Crippen molar-refractivity contribution >= 4 is 11.7 Å². The number of aromatic nitrogens is 1. The van der Waals surface area contributed by atoms with Gasteiger partial charge in [0.15, 0.2) is 0 Å². The third-order valence-electron chi connectivity index (χ3n) is 2.75. The summed E-state index contributed by atoms with van der Waals surface area (Å²) in [7, 11) is 1.36. The number of carbonyl (C=O) groups excluding carboxylic acids is 1. The van der Waals surface area contributed by atoms with Crippen LogP contribution in [-0.2, 0) is 11.3 Å². The first-order chi connectivity index (χ1) is 9.72. The van der Waals surface area contributed by atoms with Crippen molar-refractivity contribution in [3.63, 3.8) is 0 Å². The zero-order chi connectivity index (χ0) is 14.4. The van der Waals surface area contributed by atoms with Crippen molar-refractivity contribution in [3.05, 3.63) is 59.4 Å². The van der Waals surface area contributed by atoms with Crippen molar-refractivity contribution in [2.45, 2.75) is 6.54 Å². The van der Waals surface area contributed by atoms with Crippen LogP contribution in [0.25, 0.3) is 0 Å². The molecule has 0 aliphatic carbocycles. The number of hydrogen-bond acceptors (Lipinski definition) is 5. The zero-order valence-corrected chi connectivity index (χ0v) is 11.0. The van der Waals surface area contributed by atoms with E-state index in [2.05, 4.69) is 15.0 Å². The van der Waals surface area contributed by atoms with Crippen molar-refractivity contribution in [1.29, 1.82) is 5.26 Å². The van der Waals surface area contributed by atoms with Crippen molar-refractivity contribution < 1.29 is 9.53 Å². The van der Waals surface area contributed by atoms with E-state index in [1.54, 1.807) is 30.5 Å². The van der Waals surface area contributed by atoms with Gasteiger partial charge in [0, 0.05) is 6.54 Å². The van der Waals surface area contributed by atoms with Crippen LogP contribution in [0.15, 0.2) is 42.6 Å². The van der Waals surface area contributed by atoms with Crippen LogP contribution < -0.4 is 5.32 Å². The Hall–Kier alpha value is -2.87. The highest BCUT2D eigenvalue weighted by atomic mass is 16.5. The highest BCUT2D eigenvalue weighted by Gasteiger charge is 2.04. The SMILES string of the molecule is COC(=O)c1ccc(CNc2ccc(C#N)nc2)cc1. The third-order valence-corrected chi connectivity index (χ3v) is 2.75. The molecule has 0 aliphatic heterocycles.